The first-order chi connectivity index (χ1) is 8.41. The maximum Gasteiger partial charge on any atom is 0.337 e. The topological polar surface area (TPSA) is 66.4 Å². The molecular weight excluding hydrogens is 318 g/mol. The maximum atomic E-state index is 11.2. The number of hydrogen-bond acceptors (Lipinski definition) is 3. The minimum atomic E-state index is -0.961. The minimum Gasteiger partial charge on any atom is -0.478 e. The number of halogens is 1. The molecule has 0 bridgehead atoms. The molecule has 1 aromatic carbocycles. The average Bonchev–Trinajstić information content (AvgIpc) is 2.28. The summed E-state index contributed by atoms with van der Waals surface area (Å²) in [6.45, 7) is 2.51. The van der Waals surface area contributed by atoms with Crippen LogP contribution in [0.5, 0.6) is 0 Å². The molecule has 0 saturated heterocycles. The van der Waals surface area contributed by atoms with Crippen LogP contribution in [0.3, 0.4) is 0 Å². The van der Waals surface area contributed by atoms with Crippen molar-refractivity contribution in [2.45, 2.75) is 18.6 Å². The van der Waals surface area contributed by atoms with Crippen LogP contribution in [-0.2, 0) is 10.8 Å². The number of rotatable bonds is 6. The molecule has 0 aliphatic rings. The summed E-state index contributed by atoms with van der Waals surface area (Å²) < 4.78 is 12.0. The molecule has 0 spiro atoms. The Balaban J connectivity index is 2.69. The van der Waals surface area contributed by atoms with Gasteiger partial charge in [-0.05, 0) is 24.6 Å². The normalized spacial score (nSPS) is 13.9. The summed E-state index contributed by atoms with van der Waals surface area (Å²) in [6.07, 6.45) is 2.40. The second-order valence-electron chi connectivity index (χ2n) is 4.02. The average molecular weight is 334 g/mol. The molecule has 0 radical (unpaired) electrons. The van der Waals surface area contributed by atoms with E-state index in [4.69, 9.17) is 5.11 Å². The molecule has 0 amide bonds. The molecule has 18 heavy (non-hydrogen) atoms. The van der Waals surface area contributed by atoms with E-state index in [1.807, 2.05) is 6.92 Å². The highest BCUT2D eigenvalue weighted by Crippen LogP contribution is 2.21. The Kier molecular flexibility index (Phi) is 5.81. The Morgan fingerprint density at radius 3 is 2.78 bits per heavy atom. The lowest BCUT2D eigenvalue weighted by molar-refractivity contribution is 0.0698. The Bertz CT molecular complexity index is 465. The first-order valence-corrected chi connectivity index (χ1v) is 7.92. The highest BCUT2D eigenvalue weighted by atomic mass is 79.9. The number of carboxylic acids is 1. The van der Waals surface area contributed by atoms with E-state index in [-0.39, 0.29) is 10.8 Å². The molecule has 6 heteroatoms. The van der Waals surface area contributed by atoms with Crippen molar-refractivity contribution in [3.63, 3.8) is 0 Å². The van der Waals surface area contributed by atoms with Crippen LogP contribution in [0.2, 0.25) is 0 Å². The van der Waals surface area contributed by atoms with Crippen molar-refractivity contribution < 1.29 is 14.1 Å². The van der Waals surface area contributed by atoms with Crippen molar-refractivity contribution >= 4 is 38.4 Å². The Hall–Kier alpha value is -0.880. The number of benzene rings is 1. The van der Waals surface area contributed by atoms with E-state index in [1.54, 1.807) is 24.5 Å². The van der Waals surface area contributed by atoms with E-state index >= 15 is 0 Å². The molecule has 2 N–H and O–H groups in total. The lowest BCUT2D eigenvalue weighted by Crippen LogP contribution is -2.16. The fourth-order valence-corrected chi connectivity index (χ4v) is 2.24. The Morgan fingerprint density at radius 2 is 2.22 bits per heavy atom. The van der Waals surface area contributed by atoms with Gasteiger partial charge in [0.1, 0.15) is 0 Å². The van der Waals surface area contributed by atoms with Crippen LogP contribution < -0.4 is 5.32 Å². The first kappa shape index (κ1) is 15.2. The molecule has 0 aliphatic heterocycles. The molecule has 2 atom stereocenters. The maximum absolute atomic E-state index is 11.2. The van der Waals surface area contributed by atoms with E-state index in [0.29, 0.717) is 12.2 Å². The fraction of sp³-hybridized carbons (Fsp3) is 0.417. The lowest BCUT2D eigenvalue weighted by Gasteiger charge is -2.12. The van der Waals surface area contributed by atoms with E-state index in [9.17, 15) is 9.00 Å². The summed E-state index contributed by atoms with van der Waals surface area (Å²) in [5, 5.41) is 12.2. The van der Waals surface area contributed by atoms with Crippen LogP contribution in [-0.4, -0.2) is 33.3 Å². The molecule has 100 valence electrons. The van der Waals surface area contributed by atoms with Crippen LogP contribution in [0, 0.1) is 0 Å². The summed E-state index contributed by atoms with van der Waals surface area (Å²) in [6, 6.07) is 4.98. The van der Waals surface area contributed by atoms with E-state index in [2.05, 4.69) is 21.2 Å². The SMILES string of the molecule is CC(CCNc1cc(Br)ccc1C(=O)O)S(C)=O. The molecule has 0 saturated carbocycles. The van der Waals surface area contributed by atoms with Gasteiger partial charge in [0.15, 0.2) is 0 Å². The monoisotopic (exact) mass is 333 g/mol. The Morgan fingerprint density at radius 1 is 1.56 bits per heavy atom. The van der Waals surface area contributed by atoms with E-state index in [0.717, 1.165) is 10.9 Å². The standard InChI is InChI=1S/C12H16BrNO3S/c1-8(18(2)17)5-6-14-11-7-9(13)3-4-10(11)12(15)16/h3-4,7-8,14H,5-6H2,1-2H3,(H,15,16). The summed E-state index contributed by atoms with van der Waals surface area (Å²) in [4.78, 5) is 11.0. The van der Waals surface area contributed by atoms with Gasteiger partial charge < -0.3 is 10.4 Å². The van der Waals surface area contributed by atoms with Crippen molar-refractivity contribution in [3.8, 4) is 0 Å². The summed E-state index contributed by atoms with van der Waals surface area (Å²) >= 11 is 3.31. The second kappa shape index (κ2) is 6.89. The number of hydrogen-bond donors (Lipinski definition) is 2. The summed E-state index contributed by atoms with van der Waals surface area (Å²) in [7, 11) is -0.852. The third-order valence-corrected chi connectivity index (χ3v) is 4.51. The van der Waals surface area contributed by atoms with Crippen molar-refractivity contribution in [3.05, 3.63) is 28.2 Å². The minimum absolute atomic E-state index is 0.0953. The zero-order valence-corrected chi connectivity index (χ0v) is 12.7. The van der Waals surface area contributed by atoms with E-state index in [1.165, 1.54) is 0 Å². The molecule has 0 heterocycles. The van der Waals surface area contributed by atoms with Gasteiger partial charge in [0.2, 0.25) is 0 Å². The number of nitrogens with one attached hydrogen (secondary N) is 1. The second-order valence-corrected chi connectivity index (χ2v) is 6.74. The van der Waals surface area contributed by atoms with Gasteiger partial charge in [-0.25, -0.2) is 4.79 Å². The smallest absolute Gasteiger partial charge is 0.337 e. The highest BCUT2D eigenvalue weighted by molar-refractivity contribution is 9.10. The number of carboxylic acid groups (broad SMARTS) is 1. The third kappa shape index (κ3) is 4.42. The van der Waals surface area contributed by atoms with Crippen LogP contribution in [0.1, 0.15) is 23.7 Å². The largest absolute Gasteiger partial charge is 0.478 e. The van der Waals surface area contributed by atoms with Gasteiger partial charge in [-0.2, -0.15) is 0 Å². The molecular formula is C12H16BrNO3S. The van der Waals surface area contributed by atoms with Crippen molar-refractivity contribution in [2.24, 2.45) is 0 Å². The molecule has 0 aromatic heterocycles. The Labute approximate surface area is 117 Å². The number of anilines is 1. The van der Waals surface area contributed by atoms with Gasteiger partial charge in [0, 0.05) is 39.0 Å². The number of carbonyl (C=O) groups is 1. The summed E-state index contributed by atoms with van der Waals surface area (Å²) in [5.74, 6) is -0.961. The van der Waals surface area contributed by atoms with Gasteiger partial charge >= 0.3 is 5.97 Å². The highest BCUT2D eigenvalue weighted by Gasteiger charge is 2.11. The van der Waals surface area contributed by atoms with Gasteiger partial charge in [-0.1, -0.05) is 22.9 Å². The van der Waals surface area contributed by atoms with Gasteiger partial charge in [-0.15, -0.1) is 0 Å². The molecule has 1 aromatic rings. The lowest BCUT2D eigenvalue weighted by atomic mass is 10.1. The number of aromatic carboxylic acids is 1. The van der Waals surface area contributed by atoms with Crippen LogP contribution in [0.25, 0.3) is 0 Å². The van der Waals surface area contributed by atoms with E-state index < -0.39 is 16.8 Å². The van der Waals surface area contributed by atoms with Crippen molar-refractivity contribution in [1.29, 1.82) is 0 Å². The first-order valence-electron chi connectivity index (χ1n) is 5.50. The molecule has 4 nitrogen and oxygen atoms in total. The van der Waals surface area contributed by atoms with Crippen molar-refractivity contribution in [1.82, 2.24) is 0 Å². The molecule has 2 unspecified atom stereocenters. The fourth-order valence-electron chi connectivity index (χ4n) is 1.43. The van der Waals surface area contributed by atoms with Gasteiger partial charge in [0.25, 0.3) is 0 Å². The van der Waals surface area contributed by atoms with Crippen LogP contribution in [0.15, 0.2) is 22.7 Å². The van der Waals surface area contributed by atoms with Gasteiger partial charge in [-0.3, -0.25) is 4.21 Å². The zero-order chi connectivity index (χ0) is 13.7. The zero-order valence-electron chi connectivity index (χ0n) is 10.3. The predicted octanol–water partition coefficient (Wildman–Crippen LogP) is 2.72. The molecule has 1 rings (SSSR count). The van der Waals surface area contributed by atoms with Crippen LogP contribution >= 0.6 is 15.9 Å². The molecule has 0 fully saturated rings. The molecule has 0 aliphatic carbocycles. The summed E-state index contributed by atoms with van der Waals surface area (Å²) in [5.41, 5.74) is 0.814. The van der Waals surface area contributed by atoms with Gasteiger partial charge in [0.05, 0.1) is 5.56 Å². The predicted molar refractivity (Wildman–Crippen MR) is 77.7 cm³/mol. The quantitative estimate of drug-likeness (QED) is 0.839. The van der Waals surface area contributed by atoms with Crippen LogP contribution in [0.4, 0.5) is 5.69 Å². The third-order valence-electron chi connectivity index (χ3n) is 2.64. The van der Waals surface area contributed by atoms with Crippen molar-refractivity contribution in [2.75, 3.05) is 18.1 Å².